The van der Waals surface area contributed by atoms with Crippen molar-refractivity contribution in [3.63, 3.8) is 0 Å². The number of halogens is 1. The predicted octanol–water partition coefficient (Wildman–Crippen LogP) is 5.49. The first kappa shape index (κ1) is 19.1. The van der Waals surface area contributed by atoms with Crippen molar-refractivity contribution < 1.29 is 4.74 Å². The first-order valence-electron chi connectivity index (χ1n) is 9.39. The number of aryl methyl sites for hydroxylation is 1. The maximum absolute atomic E-state index is 6.32. The zero-order valence-electron chi connectivity index (χ0n) is 16.5. The summed E-state index contributed by atoms with van der Waals surface area (Å²) in [6, 6.07) is 15.7. The lowest BCUT2D eigenvalue weighted by molar-refractivity contribution is 0.415. The molecular weight excluding hydrogens is 386 g/mol. The zero-order valence-corrected chi connectivity index (χ0v) is 17.3. The van der Waals surface area contributed by atoms with Crippen molar-refractivity contribution in [3.05, 3.63) is 65.2 Å². The van der Waals surface area contributed by atoms with Crippen LogP contribution in [0, 0.1) is 0 Å². The van der Waals surface area contributed by atoms with Gasteiger partial charge in [-0.3, -0.25) is 4.68 Å². The number of imidazole rings is 1. The van der Waals surface area contributed by atoms with Crippen LogP contribution in [0.15, 0.2) is 54.6 Å². The third-order valence-corrected chi connectivity index (χ3v) is 4.94. The van der Waals surface area contributed by atoms with Crippen molar-refractivity contribution in [2.75, 3.05) is 12.4 Å². The van der Waals surface area contributed by atoms with Crippen molar-refractivity contribution in [1.29, 1.82) is 0 Å². The van der Waals surface area contributed by atoms with E-state index in [0.717, 1.165) is 46.1 Å². The Balaban J connectivity index is 1.65. The Labute approximate surface area is 174 Å². The van der Waals surface area contributed by atoms with E-state index in [-0.39, 0.29) is 0 Å². The highest BCUT2D eigenvalue weighted by Crippen LogP contribution is 2.30. The smallest absolute Gasteiger partial charge is 0.159 e. The van der Waals surface area contributed by atoms with Crippen molar-refractivity contribution >= 4 is 34.1 Å². The Morgan fingerprint density at radius 1 is 1.24 bits per heavy atom. The number of benzene rings is 2. The Hall–Kier alpha value is -3.25. The van der Waals surface area contributed by atoms with Crippen LogP contribution in [0.2, 0.25) is 5.02 Å². The molecule has 0 aliphatic carbocycles. The van der Waals surface area contributed by atoms with Gasteiger partial charge in [-0.15, -0.1) is 0 Å². The molecule has 0 fully saturated rings. The number of hydrogen-bond donors (Lipinski definition) is 2. The second kappa shape index (κ2) is 8.01. The van der Waals surface area contributed by atoms with Crippen LogP contribution in [-0.4, -0.2) is 26.9 Å². The highest BCUT2D eigenvalue weighted by molar-refractivity contribution is 6.32. The molecule has 2 N–H and O–H groups in total. The fraction of sp³-hybridized carbons (Fsp3) is 0.182. The zero-order chi connectivity index (χ0) is 20.4. The molecule has 0 amide bonds. The van der Waals surface area contributed by atoms with Gasteiger partial charge in [-0.25, -0.2) is 4.98 Å². The molecule has 2 aromatic heterocycles. The number of anilines is 1. The van der Waals surface area contributed by atoms with Crippen LogP contribution in [0.25, 0.3) is 28.2 Å². The van der Waals surface area contributed by atoms with Crippen LogP contribution in [0.5, 0.6) is 5.75 Å². The summed E-state index contributed by atoms with van der Waals surface area (Å²) in [4.78, 5) is 7.96. The molecule has 29 heavy (non-hydrogen) atoms. The van der Waals surface area contributed by atoms with Crippen molar-refractivity contribution in [1.82, 2.24) is 19.7 Å². The fourth-order valence-corrected chi connectivity index (χ4v) is 3.45. The first-order valence-corrected chi connectivity index (χ1v) is 9.77. The molecule has 7 heteroatoms. The van der Waals surface area contributed by atoms with Crippen LogP contribution < -0.4 is 10.1 Å². The first-order chi connectivity index (χ1) is 14.1. The molecule has 0 aliphatic heterocycles. The van der Waals surface area contributed by atoms with Gasteiger partial charge in [-0.2, -0.15) is 5.10 Å². The summed E-state index contributed by atoms with van der Waals surface area (Å²) in [5, 5.41) is 8.66. The molecule has 0 unspecified atom stereocenters. The third-order valence-electron chi connectivity index (χ3n) is 4.65. The Kier molecular flexibility index (Phi) is 5.27. The fourth-order valence-electron chi connectivity index (χ4n) is 3.19. The highest BCUT2D eigenvalue weighted by atomic mass is 35.5. The number of allylic oxidation sites excluding steroid dienone is 1. The number of aromatic amines is 1. The molecule has 0 aliphatic rings. The van der Waals surface area contributed by atoms with Gasteiger partial charge >= 0.3 is 0 Å². The summed E-state index contributed by atoms with van der Waals surface area (Å²) in [6.07, 6.45) is 2.99. The average molecular weight is 408 g/mol. The van der Waals surface area contributed by atoms with Crippen LogP contribution in [0.4, 0.5) is 5.82 Å². The molecule has 2 heterocycles. The molecule has 0 radical (unpaired) electrons. The second-order valence-corrected chi connectivity index (χ2v) is 7.05. The van der Waals surface area contributed by atoms with Gasteiger partial charge in [0.1, 0.15) is 17.3 Å². The van der Waals surface area contributed by atoms with E-state index in [1.807, 2.05) is 55.6 Å². The number of fused-ring (bicyclic) bond motifs is 1. The van der Waals surface area contributed by atoms with Crippen LogP contribution in [-0.2, 0) is 7.05 Å². The maximum atomic E-state index is 6.32. The molecule has 0 saturated heterocycles. The van der Waals surface area contributed by atoms with E-state index in [1.165, 1.54) is 0 Å². The normalized spacial score (nSPS) is 11.8. The Morgan fingerprint density at radius 2 is 2.07 bits per heavy atom. The van der Waals surface area contributed by atoms with Gasteiger partial charge in [0.05, 0.1) is 23.2 Å². The lowest BCUT2D eigenvalue weighted by atomic mass is 10.1. The molecule has 2 aromatic carbocycles. The largest absolute Gasteiger partial charge is 0.495 e. The van der Waals surface area contributed by atoms with Gasteiger partial charge < -0.3 is 15.0 Å². The number of aromatic nitrogens is 4. The summed E-state index contributed by atoms with van der Waals surface area (Å²) in [5.41, 5.74) is 4.61. The number of H-pyrrole nitrogens is 1. The van der Waals surface area contributed by atoms with E-state index in [9.17, 15) is 0 Å². The molecule has 0 saturated carbocycles. The van der Waals surface area contributed by atoms with Gasteiger partial charge in [-0.05, 0) is 42.3 Å². The summed E-state index contributed by atoms with van der Waals surface area (Å²) in [7, 11) is 3.51. The van der Waals surface area contributed by atoms with Gasteiger partial charge in [-0.1, -0.05) is 36.7 Å². The van der Waals surface area contributed by atoms with E-state index in [4.69, 9.17) is 16.3 Å². The quantitative estimate of drug-likeness (QED) is 0.443. The lowest BCUT2D eigenvalue weighted by Crippen LogP contribution is -2.04. The van der Waals surface area contributed by atoms with Gasteiger partial charge in [0, 0.05) is 18.8 Å². The van der Waals surface area contributed by atoms with E-state index in [1.54, 1.807) is 11.8 Å². The SMILES string of the molecule is CC/C=C(/Nc1cc(-c2nc3ccccc3[nH]2)nn1C)c1ccc(OC)c(Cl)c1. The number of nitrogens with one attached hydrogen (secondary N) is 2. The summed E-state index contributed by atoms with van der Waals surface area (Å²) in [5.74, 6) is 2.24. The number of hydrogen-bond acceptors (Lipinski definition) is 4. The topological polar surface area (TPSA) is 67.8 Å². The second-order valence-electron chi connectivity index (χ2n) is 6.64. The Bertz CT molecular complexity index is 1160. The minimum absolute atomic E-state index is 0.571. The molecule has 6 nitrogen and oxygen atoms in total. The predicted molar refractivity (Wildman–Crippen MR) is 118 cm³/mol. The molecule has 0 atom stereocenters. The minimum Gasteiger partial charge on any atom is -0.495 e. The lowest BCUT2D eigenvalue weighted by Gasteiger charge is -2.13. The van der Waals surface area contributed by atoms with Crippen LogP contribution in [0.1, 0.15) is 18.9 Å². The number of para-hydroxylation sites is 2. The van der Waals surface area contributed by atoms with Gasteiger partial charge in [0.2, 0.25) is 0 Å². The number of nitrogens with zero attached hydrogens (tertiary/aromatic N) is 3. The van der Waals surface area contributed by atoms with E-state index >= 15 is 0 Å². The van der Waals surface area contributed by atoms with Crippen molar-refractivity contribution in [3.8, 4) is 17.3 Å². The average Bonchev–Trinajstić information content (AvgIpc) is 3.31. The summed E-state index contributed by atoms with van der Waals surface area (Å²) >= 11 is 6.32. The molecular formula is C22H22ClN5O. The molecule has 0 bridgehead atoms. The van der Waals surface area contributed by atoms with Gasteiger partial charge in [0.15, 0.2) is 5.82 Å². The van der Waals surface area contributed by atoms with Crippen molar-refractivity contribution in [2.45, 2.75) is 13.3 Å². The van der Waals surface area contributed by atoms with Crippen LogP contribution in [0.3, 0.4) is 0 Å². The summed E-state index contributed by atoms with van der Waals surface area (Å²) < 4.78 is 7.06. The minimum atomic E-state index is 0.571. The number of ether oxygens (including phenoxy) is 1. The standard InChI is InChI=1S/C22H22ClN5O/c1-4-7-16(14-10-11-20(29-3)15(23)12-14)24-21-13-19(27-28(21)2)22-25-17-8-5-6-9-18(17)26-22/h5-13,24H,4H2,1-3H3,(H,25,26)/b16-7+. The van der Waals surface area contributed by atoms with E-state index in [0.29, 0.717) is 10.8 Å². The number of methoxy groups -OCH3 is 1. The molecule has 0 spiro atoms. The molecule has 4 aromatic rings. The summed E-state index contributed by atoms with van der Waals surface area (Å²) in [6.45, 7) is 2.09. The monoisotopic (exact) mass is 407 g/mol. The molecule has 4 rings (SSSR count). The third kappa shape index (κ3) is 3.84. The highest BCUT2D eigenvalue weighted by Gasteiger charge is 2.13. The molecule has 148 valence electrons. The van der Waals surface area contributed by atoms with Crippen molar-refractivity contribution in [2.24, 2.45) is 7.05 Å². The number of rotatable bonds is 6. The van der Waals surface area contributed by atoms with E-state index < -0.39 is 0 Å². The van der Waals surface area contributed by atoms with Crippen LogP contribution >= 0.6 is 11.6 Å². The van der Waals surface area contributed by atoms with Gasteiger partial charge in [0.25, 0.3) is 0 Å². The maximum Gasteiger partial charge on any atom is 0.159 e. The Morgan fingerprint density at radius 3 is 2.79 bits per heavy atom. The van der Waals surface area contributed by atoms with E-state index in [2.05, 4.69) is 33.4 Å².